The summed E-state index contributed by atoms with van der Waals surface area (Å²) in [6.07, 6.45) is 14.9. The van der Waals surface area contributed by atoms with Gasteiger partial charge in [-0.25, -0.2) is 0 Å². The van der Waals surface area contributed by atoms with Gasteiger partial charge in [-0.2, -0.15) is 0 Å². The van der Waals surface area contributed by atoms with Gasteiger partial charge < -0.3 is 10.8 Å². The lowest BCUT2D eigenvalue weighted by Crippen LogP contribution is -2.53. The minimum absolute atomic E-state index is 0.413. The molecule has 0 bridgehead atoms. The van der Waals surface area contributed by atoms with Crippen LogP contribution in [-0.4, -0.2) is 17.1 Å². The van der Waals surface area contributed by atoms with E-state index in [9.17, 15) is 9.90 Å². The molecule has 0 spiro atoms. The van der Waals surface area contributed by atoms with Crippen LogP contribution in [0.25, 0.3) is 0 Å². The first-order chi connectivity index (χ1) is 12.8. The second kappa shape index (κ2) is 7.04. The Kier molecular flexibility index (Phi) is 5.15. The Morgan fingerprint density at radius 2 is 1.74 bits per heavy atom. The molecule has 3 unspecified atom stereocenters. The topological polar surface area (TPSA) is 63.3 Å². The van der Waals surface area contributed by atoms with Crippen LogP contribution >= 0.6 is 0 Å². The molecule has 4 saturated carbocycles. The minimum atomic E-state index is -0.839. The second-order valence-electron chi connectivity index (χ2n) is 11.3. The second-order valence-corrected chi connectivity index (χ2v) is 11.3. The molecule has 154 valence electrons. The van der Waals surface area contributed by atoms with Gasteiger partial charge in [0.1, 0.15) is 6.04 Å². The summed E-state index contributed by atoms with van der Waals surface area (Å²) < 4.78 is 0. The zero-order valence-electron chi connectivity index (χ0n) is 17.8. The maximum Gasteiger partial charge on any atom is 0.320 e. The Hall–Kier alpha value is -0.570. The quantitative estimate of drug-likeness (QED) is 0.684. The van der Waals surface area contributed by atoms with Gasteiger partial charge in [0.05, 0.1) is 0 Å². The first-order valence-corrected chi connectivity index (χ1v) is 11.8. The number of nitrogens with two attached hydrogens (primary N) is 1. The molecule has 0 saturated heterocycles. The molecule has 0 amide bonds. The first-order valence-electron chi connectivity index (χ1n) is 11.8. The SMILES string of the molecule is CC(CC(N)C(=O)O)[C@H]1CC[C@H]2[C@@H]3CCC4CCCC[C@]4(C)[C@H]3CC[C@]12C. The normalized spacial score (nSPS) is 48.8. The van der Waals surface area contributed by atoms with Crippen molar-refractivity contribution in [1.82, 2.24) is 0 Å². The molecule has 4 aliphatic carbocycles. The van der Waals surface area contributed by atoms with E-state index in [1.165, 1.54) is 64.2 Å². The van der Waals surface area contributed by atoms with Gasteiger partial charge in [-0.05, 0) is 104 Å². The zero-order chi connectivity index (χ0) is 19.4. The van der Waals surface area contributed by atoms with E-state index in [4.69, 9.17) is 5.73 Å². The number of carbonyl (C=O) groups is 1. The third kappa shape index (κ3) is 3.07. The van der Waals surface area contributed by atoms with Gasteiger partial charge in [0.25, 0.3) is 0 Å². The predicted molar refractivity (Wildman–Crippen MR) is 109 cm³/mol. The summed E-state index contributed by atoms with van der Waals surface area (Å²) in [6.45, 7) is 7.48. The fourth-order valence-corrected chi connectivity index (χ4v) is 8.94. The van der Waals surface area contributed by atoms with Gasteiger partial charge in [-0.15, -0.1) is 0 Å². The van der Waals surface area contributed by atoms with Gasteiger partial charge in [0.2, 0.25) is 0 Å². The minimum Gasteiger partial charge on any atom is -0.480 e. The van der Waals surface area contributed by atoms with Crippen molar-refractivity contribution >= 4 is 5.97 Å². The summed E-state index contributed by atoms with van der Waals surface area (Å²) in [5.74, 6) is 3.97. The molecule has 4 fully saturated rings. The summed E-state index contributed by atoms with van der Waals surface area (Å²) in [5, 5.41) is 9.24. The van der Waals surface area contributed by atoms with Crippen molar-refractivity contribution in [2.24, 2.45) is 52.1 Å². The summed E-state index contributed by atoms with van der Waals surface area (Å²) in [6, 6.07) is -0.699. The number of aliphatic carboxylic acids is 1. The molecule has 3 heteroatoms. The van der Waals surface area contributed by atoms with Gasteiger partial charge in [-0.3, -0.25) is 4.79 Å². The fraction of sp³-hybridized carbons (Fsp3) is 0.958. The van der Waals surface area contributed by atoms with Crippen LogP contribution in [-0.2, 0) is 4.79 Å². The number of carboxylic acids is 1. The molecule has 27 heavy (non-hydrogen) atoms. The van der Waals surface area contributed by atoms with Crippen LogP contribution in [0.3, 0.4) is 0 Å². The first kappa shape index (κ1) is 19.7. The molecule has 4 aliphatic rings. The van der Waals surface area contributed by atoms with Crippen molar-refractivity contribution in [3.63, 3.8) is 0 Å². The van der Waals surface area contributed by atoms with Crippen molar-refractivity contribution in [1.29, 1.82) is 0 Å². The Labute approximate surface area is 165 Å². The van der Waals surface area contributed by atoms with Crippen molar-refractivity contribution in [2.75, 3.05) is 0 Å². The summed E-state index contributed by atoms with van der Waals surface area (Å²) in [7, 11) is 0. The average molecular weight is 376 g/mol. The van der Waals surface area contributed by atoms with Crippen LogP contribution < -0.4 is 5.73 Å². The molecular formula is C24H41NO2. The van der Waals surface area contributed by atoms with E-state index >= 15 is 0 Å². The van der Waals surface area contributed by atoms with Crippen LogP contribution in [0.5, 0.6) is 0 Å². The number of fused-ring (bicyclic) bond motifs is 5. The Balaban J connectivity index is 1.52. The van der Waals surface area contributed by atoms with E-state index in [0.29, 0.717) is 29.1 Å². The van der Waals surface area contributed by atoms with Gasteiger partial charge in [0.15, 0.2) is 0 Å². The van der Waals surface area contributed by atoms with Gasteiger partial charge in [-0.1, -0.05) is 33.6 Å². The smallest absolute Gasteiger partial charge is 0.320 e. The molecule has 4 rings (SSSR count). The molecule has 0 aromatic carbocycles. The summed E-state index contributed by atoms with van der Waals surface area (Å²) in [4.78, 5) is 11.2. The van der Waals surface area contributed by atoms with Crippen molar-refractivity contribution in [3.8, 4) is 0 Å². The average Bonchev–Trinajstić information content (AvgIpc) is 2.98. The number of hydrogen-bond donors (Lipinski definition) is 2. The van der Waals surface area contributed by atoms with E-state index in [-0.39, 0.29) is 0 Å². The van der Waals surface area contributed by atoms with Crippen LogP contribution in [0.1, 0.15) is 91.4 Å². The third-order valence-corrected chi connectivity index (χ3v) is 10.3. The lowest BCUT2D eigenvalue weighted by Gasteiger charge is -2.61. The number of carboxylic acid groups (broad SMARTS) is 1. The maximum absolute atomic E-state index is 11.2. The largest absolute Gasteiger partial charge is 0.480 e. The lowest BCUT2D eigenvalue weighted by atomic mass is 9.44. The van der Waals surface area contributed by atoms with Crippen LogP contribution in [0.2, 0.25) is 0 Å². The highest BCUT2D eigenvalue weighted by atomic mass is 16.4. The molecule has 0 aromatic rings. The monoisotopic (exact) mass is 375 g/mol. The van der Waals surface area contributed by atoms with E-state index in [1.807, 2.05) is 0 Å². The molecule has 0 aromatic heterocycles. The van der Waals surface area contributed by atoms with Crippen LogP contribution in [0, 0.1) is 46.3 Å². The number of hydrogen-bond acceptors (Lipinski definition) is 2. The summed E-state index contributed by atoms with van der Waals surface area (Å²) in [5.41, 5.74) is 6.92. The van der Waals surface area contributed by atoms with E-state index in [2.05, 4.69) is 20.8 Å². The fourth-order valence-electron chi connectivity index (χ4n) is 8.94. The molecular weight excluding hydrogens is 334 g/mol. The molecule has 0 heterocycles. The Morgan fingerprint density at radius 3 is 2.48 bits per heavy atom. The third-order valence-electron chi connectivity index (χ3n) is 10.3. The van der Waals surface area contributed by atoms with Gasteiger partial charge >= 0.3 is 5.97 Å². The van der Waals surface area contributed by atoms with E-state index < -0.39 is 12.0 Å². The molecule has 3 N–H and O–H groups in total. The summed E-state index contributed by atoms with van der Waals surface area (Å²) >= 11 is 0. The molecule has 0 aliphatic heterocycles. The highest BCUT2D eigenvalue weighted by molar-refractivity contribution is 5.73. The number of rotatable bonds is 4. The Bertz CT molecular complexity index is 577. The highest BCUT2D eigenvalue weighted by Gasteiger charge is 2.60. The van der Waals surface area contributed by atoms with Crippen LogP contribution in [0.4, 0.5) is 0 Å². The van der Waals surface area contributed by atoms with Crippen molar-refractivity contribution < 1.29 is 9.90 Å². The Morgan fingerprint density at radius 1 is 1.00 bits per heavy atom. The molecule has 3 nitrogen and oxygen atoms in total. The van der Waals surface area contributed by atoms with Crippen LogP contribution in [0.15, 0.2) is 0 Å². The molecule has 0 radical (unpaired) electrons. The van der Waals surface area contributed by atoms with E-state index in [0.717, 1.165) is 23.7 Å². The standard InChI is InChI=1S/C24H41NO2/c1-15(14-21(25)22(26)27)18-9-10-19-17-8-7-16-6-4-5-12-23(16,2)20(17)11-13-24(18,19)3/h15-21H,4-14,25H2,1-3H3,(H,26,27)/t15?,16?,17-,18+,19-,20-,21?,23-,24+/m0/s1. The van der Waals surface area contributed by atoms with E-state index in [1.54, 1.807) is 0 Å². The van der Waals surface area contributed by atoms with Gasteiger partial charge in [0, 0.05) is 0 Å². The van der Waals surface area contributed by atoms with Crippen molar-refractivity contribution in [3.05, 3.63) is 0 Å². The predicted octanol–water partition coefficient (Wildman–Crippen LogP) is 5.47. The lowest BCUT2D eigenvalue weighted by molar-refractivity contribution is -0.139. The van der Waals surface area contributed by atoms with Crippen molar-refractivity contribution in [2.45, 2.75) is 97.4 Å². The highest BCUT2D eigenvalue weighted by Crippen LogP contribution is 2.68. The molecule has 9 atom stereocenters. The maximum atomic E-state index is 11.2. The zero-order valence-corrected chi connectivity index (χ0v) is 17.8.